The van der Waals surface area contributed by atoms with Crippen LogP contribution in [-0.4, -0.2) is 25.1 Å². The van der Waals surface area contributed by atoms with Crippen LogP contribution in [0.5, 0.6) is 0 Å². The molecular weight excluding hydrogens is 222 g/mol. The van der Waals surface area contributed by atoms with E-state index >= 15 is 0 Å². The Balaban J connectivity index is 2.98. The predicted molar refractivity (Wildman–Crippen MR) is 30.5 cm³/mol. The van der Waals surface area contributed by atoms with E-state index in [0.29, 0.717) is 0 Å². The van der Waals surface area contributed by atoms with Crippen molar-refractivity contribution in [1.82, 2.24) is 0 Å². The van der Waals surface area contributed by atoms with Crippen LogP contribution in [0.1, 0.15) is 0 Å². The fourth-order valence-electron chi connectivity index (χ4n) is 0.670. The summed E-state index contributed by atoms with van der Waals surface area (Å²) >= 11 is 0. The number of rotatable bonds is 1. The molecule has 9 heteroatoms. The molecular formula is C4H4F5O3P. The first-order valence-electron chi connectivity index (χ1n) is 3.04. The predicted octanol–water partition coefficient (Wildman–Crippen LogP) is 2.38. The van der Waals surface area contributed by atoms with Gasteiger partial charge in [-0.1, -0.05) is 0 Å². The monoisotopic (exact) mass is 226 g/mol. The minimum Gasteiger partial charge on any atom is -0.302 e. The molecule has 78 valence electrons. The largest absolute Gasteiger partial charge is 0.466 e. The van der Waals surface area contributed by atoms with Gasteiger partial charge in [-0.05, 0) is 0 Å². The second-order valence-electron chi connectivity index (χ2n) is 2.20. The molecule has 0 N–H and O–H groups in total. The summed E-state index contributed by atoms with van der Waals surface area (Å²) in [5, 5.41) is 0. The highest BCUT2D eigenvalue weighted by molar-refractivity contribution is 7.55. The van der Waals surface area contributed by atoms with Crippen LogP contribution < -0.4 is 0 Å². The molecule has 0 aromatic rings. The van der Waals surface area contributed by atoms with Crippen molar-refractivity contribution in [3.05, 3.63) is 0 Å². The second kappa shape index (κ2) is 2.90. The molecule has 1 saturated heterocycles. The molecule has 1 rings (SSSR count). The van der Waals surface area contributed by atoms with Gasteiger partial charge in [-0.25, -0.2) is 0 Å². The van der Waals surface area contributed by atoms with Gasteiger partial charge in [0.05, 0.1) is 13.2 Å². The minimum absolute atomic E-state index is 0.525. The van der Waals surface area contributed by atoms with Gasteiger partial charge in [0.15, 0.2) is 0 Å². The van der Waals surface area contributed by atoms with Crippen LogP contribution in [0.2, 0.25) is 0 Å². The lowest BCUT2D eigenvalue weighted by atomic mass is 10.7. The quantitative estimate of drug-likeness (QED) is 0.508. The molecule has 3 nitrogen and oxygen atoms in total. The molecule has 0 spiro atoms. The third-order valence-electron chi connectivity index (χ3n) is 1.29. The van der Waals surface area contributed by atoms with E-state index in [4.69, 9.17) is 0 Å². The standard InChI is InChI=1S/C4H4F5O3P/c5-3(6,7)4(8,9)13(10)11-1-2-12-13/h1-2H2. The van der Waals surface area contributed by atoms with Crippen molar-refractivity contribution in [3.63, 3.8) is 0 Å². The lowest BCUT2D eigenvalue weighted by Gasteiger charge is -2.22. The van der Waals surface area contributed by atoms with E-state index in [9.17, 15) is 26.5 Å². The van der Waals surface area contributed by atoms with Gasteiger partial charge in [0.25, 0.3) is 0 Å². The van der Waals surface area contributed by atoms with Crippen LogP contribution >= 0.6 is 7.60 Å². The summed E-state index contributed by atoms with van der Waals surface area (Å²) in [4.78, 5) is 0. The van der Waals surface area contributed by atoms with Crippen molar-refractivity contribution in [2.24, 2.45) is 0 Å². The van der Waals surface area contributed by atoms with Gasteiger partial charge in [-0.3, -0.25) is 4.57 Å². The Morgan fingerprint density at radius 1 is 1.00 bits per heavy atom. The Morgan fingerprint density at radius 2 is 1.38 bits per heavy atom. The molecule has 13 heavy (non-hydrogen) atoms. The van der Waals surface area contributed by atoms with Crippen LogP contribution in [0.4, 0.5) is 22.0 Å². The molecule has 0 amide bonds. The zero-order chi connectivity index (χ0) is 10.3. The Kier molecular flexibility index (Phi) is 2.42. The first-order chi connectivity index (χ1) is 5.71. The Morgan fingerprint density at radius 3 is 1.69 bits per heavy atom. The maximum absolute atomic E-state index is 12.4. The lowest BCUT2D eigenvalue weighted by Crippen LogP contribution is -2.36. The summed E-state index contributed by atoms with van der Waals surface area (Å²) in [7, 11) is -5.35. The van der Waals surface area contributed by atoms with Crippen LogP contribution in [0.3, 0.4) is 0 Å². The van der Waals surface area contributed by atoms with Gasteiger partial charge in [0, 0.05) is 0 Å². The van der Waals surface area contributed by atoms with Crippen molar-refractivity contribution in [2.75, 3.05) is 13.2 Å². The lowest BCUT2D eigenvalue weighted by molar-refractivity contribution is -0.248. The Hall–Kier alpha value is -0.200. The number of halogens is 5. The molecule has 0 aliphatic carbocycles. The van der Waals surface area contributed by atoms with Crippen molar-refractivity contribution in [3.8, 4) is 0 Å². The molecule has 1 fully saturated rings. The van der Waals surface area contributed by atoms with E-state index in [1.807, 2.05) is 0 Å². The van der Waals surface area contributed by atoms with E-state index in [1.165, 1.54) is 0 Å². The molecule has 0 unspecified atom stereocenters. The fourth-order valence-corrected chi connectivity index (χ4v) is 2.01. The second-order valence-corrected chi connectivity index (χ2v) is 4.28. The maximum atomic E-state index is 12.4. The van der Waals surface area contributed by atoms with Crippen LogP contribution in [-0.2, 0) is 13.6 Å². The summed E-state index contributed by atoms with van der Waals surface area (Å²) in [6, 6.07) is 0. The first-order valence-corrected chi connectivity index (χ1v) is 4.59. The highest BCUT2D eigenvalue weighted by Gasteiger charge is 2.72. The normalized spacial score (nSPS) is 23.5. The fraction of sp³-hybridized carbons (Fsp3) is 1.00. The van der Waals surface area contributed by atoms with Crippen molar-refractivity contribution in [2.45, 2.75) is 11.8 Å². The van der Waals surface area contributed by atoms with Gasteiger partial charge in [-0.2, -0.15) is 22.0 Å². The average Bonchev–Trinajstić information content (AvgIpc) is 2.35. The van der Waals surface area contributed by atoms with Gasteiger partial charge >= 0.3 is 19.4 Å². The summed E-state index contributed by atoms with van der Waals surface area (Å²) in [6.07, 6.45) is -5.92. The van der Waals surface area contributed by atoms with E-state index in [2.05, 4.69) is 9.05 Å². The summed E-state index contributed by atoms with van der Waals surface area (Å²) in [6.45, 7) is -1.05. The van der Waals surface area contributed by atoms with Crippen LogP contribution in [0.15, 0.2) is 0 Å². The number of hydrogen-bond acceptors (Lipinski definition) is 3. The molecule has 0 radical (unpaired) electrons. The molecule has 0 bridgehead atoms. The van der Waals surface area contributed by atoms with Crippen molar-refractivity contribution < 1.29 is 35.6 Å². The molecule has 0 atom stereocenters. The SMILES string of the molecule is O=P1(C(F)(F)C(F)(F)F)OCCO1. The molecule has 1 heterocycles. The molecule has 0 aromatic heterocycles. The van der Waals surface area contributed by atoms with Crippen molar-refractivity contribution >= 4 is 7.60 Å². The summed E-state index contributed by atoms with van der Waals surface area (Å²) in [5.74, 6) is 0. The van der Waals surface area contributed by atoms with E-state index in [1.54, 1.807) is 0 Å². The van der Waals surface area contributed by atoms with Gasteiger partial charge in [-0.15, -0.1) is 0 Å². The highest BCUT2D eigenvalue weighted by Crippen LogP contribution is 2.69. The maximum Gasteiger partial charge on any atom is 0.466 e. The molecule has 1 aliphatic rings. The van der Waals surface area contributed by atoms with Gasteiger partial charge in [0.2, 0.25) is 0 Å². The summed E-state index contributed by atoms with van der Waals surface area (Å²) < 4.78 is 78.1. The Labute approximate surface area is 69.3 Å². The van der Waals surface area contributed by atoms with Crippen molar-refractivity contribution in [1.29, 1.82) is 0 Å². The van der Waals surface area contributed by atoms with E-state index < -0.39 is 32.6 Å². The smallest absolute Gasteiger partial charge is 0.302 e. The van der Waals surface area contributed by atoms with Crippen LogP contribution in [0, 0.1) is 0 Å². The van der Waals surface area contributed by atoms with E-state index in [0.717, 1.165) is 0 Å². The van der Waals surface area contributed by atoms with Crippen LogP contribution in [0.25, 0.3) is 0 Å². The first kappa shape index (κ1) is 10.9. The Bertz CT molecular complexity index is 239. The molecule has 0 aromatic carbocycles. The van der Waals surface area contributed by atoms with Gasteiger partial charge in [0.1, 0.15) is 0 Å². The molecule has 1 aliphatic heterocycles. The zero-order valence-electron chi connectivity index (χ0n) is 5.98. The average molecular weight is 226 g/mol. The third kappa shape index (κ3) is 1.58. The number of hydrogen-bond donors (Lipinski definition) is 0. The minimum atomic E-state index is -5.92. The number of alkyl halides is 5. The zero-order valence-corrected chi connectivity index (χ0v) is 6.87. The summed E-state index contributed by atoms with van der Waals surface area (Å²) in [5.41, 5.74) is -5.43. The van der Waals surface area contributed by atoms with E-state index in [-0.39, 0.29) is 0 Å². The van der Waals surface area contributed by atoms with Gasteiger partial charge < -0.3 is 9.05 Å². The topological polar surface area (TPSA) is 35.5 Å². The molecule has 0 saturated carbocycles. The highest BCUT2D eigenvalue weighted by atomic mass is 31.2. The third-order valence-corrected chi connectivity index (χ3v) is 3.28.